The number of hydrogen-bond donors (Lipinski definition) is 1. The summed E-state index contributed by atoms with van der Waals surface area (Å²) in [5, 5.41) is 0. The maximum absolute atomic E-state index is 6.16. The monoisotopic (exact) mass is 245 g/mol. The molecule has 0 unspecified atom stereocenters. The fourth-order valence-electron chi connectivity index (χ4n) is 2.02. The predicted molar refractivity (Wildman–Crippen MR) is 73.2 cm³/mol. The minimum absolute atomic E-state index is 0.306. The van der Waals surface area contributed by atoms with E-state index in [0.717, 1.165) is 16.8 Å². The van der Waals surface area contributed by atoms with Crippen molar-refractivity contribution in [1.82, 2.24) is 9.55 Å². The summed E-state index contributed by atoms with van der Waals surface area (Å²) < 4.78 is 7.18. The Balaban J connectivity index is 2.49. The molecule has 1 aromatic carbocycles. The van der Waals surface area contributed by atoms with Gasteiger partial charge in [-0.15, -0.1) is 0 Å². The number of methoxy groups -OCH3 is 1. The molecule has 1 heterocycles. The highest BCUT2D eigenvalue weighted by Crippen LogP contribution is 2.29. The maximum Gasteiger partial charge on any atom is 0.131 e. The van der Waals surface area contributed by atoms with Gasteiger partial charge in [0.2, 0.25) is 0 Å². The van der Waals surface area contributed by atoms with Crippen LogP contribution in [0.25, 0.3) is 11.3 Å². The third-order valence-electron chi connectivity index (χ3n) is 2.96. The van der Waals surface area contributed by atoms with Gasteiger partial charge in [0, 0.05) is 18.7 Å². The Hall–Kier alpha value is -1.81. The van der Waals surface area contributed by atoms with Crippen LogP contribution in [0.15, 0.2) is 30.6 Å². The van der Waals surface area contributed by atoms with Gasteiger partial charge in [-0.2, -0.15) is 0 Å². The van der Waals surface area contributed by atoms with Crippen molar-refractivity contribution in [3.8, 4) is 11.3 Å². The number of benzene rings is 1. The number of rotatable bonds is 4. The molecule has 2 N–H and O–H groups in total. The van der Waals surface area contributed by atoms with E-state index in [0.29, 0.717) is 18.5 Å². The van der Waals surface area contributed by atoms with Gasteiger partial charge in [-0.25, -0.2) is 4.98 Å². The molecule has 0 aliphatic rings. The van der Waals surface area contributed by atoms with Crippen molar-refractivity contribution in [2.75, 3.05) is 12.8 Å². The molecule has 0 aliphatic carbocycles. The second kappa shape index (κ2) is 5.23. The van der Waals surface area contributed by atoms with E-state index in [1.165, 1.54) is 0 Å². The molecule has 0 atom stereocenters. The molecular weight excluding hydrogens is 226 g/mol. The van der Waals surface area contributed by atoms with Gasteiger partial charge in [0.25, 0.3) is 0 Å². The third-order valence-corrected chi connectivity index (χ3v) is 2.96. The normalized spacial score (nSPS) is 11.1. The summed E-state index contributed by atoms with van der Waals surface area (Å²) in [6.45, 7) is 4.73. The number of imidazole rings is 1. The molecule has 96 valence electrons. The number of nitrogen functional groups attached to an aromatic ring is 1. The van der Waals surface area contributed by atoms with E-state index in [9.17, 15) is 0 Å². The quantitative estimate of drug-likeness (QED) is 0.901. The number of nitrogens with zero attached hydrogens (tertiary/aromatic N) is 2. The Morgan fingerprint density at radius 2 is 2.06 bits per heavy atom. The number of hydrogen-bond acceptors (Lipinski definition) is 3. The topological polar surface area (TPSA) is 53.1 Å². The lowest BCUT2D eigenvalue weighted by Gasteiger charge is -2.11. The molecule has 0 saturated carbocycles. The van der Waals surface area contributed by atoms with Crippen LogP contribution < -0.4 is 5.73 Å². The Kier molecular flexibility index (Phi) is 3.67. The minimum atomic E-state index is 0.306. The SMILES string of the molecule is COCc1ccccc1-c1ncn(C(C)C)c1N. The number of nitrogens with two attached hydrogens (primary N) is 1. The fourth-order valence-corrected chi connectivity index (χ4v) is 2.02. The van der Waals surface area contributed by atoms with Crippen LogP contribution >= 0.6 is 0 Å². The van der Waals surface area contributed by atoms with E-state index in [4.69, 9.17) is 10.5 Å². The fraction of sp³-hybridized carbons (Fsp3) is 0.357. The first-order valence-electron chi connectivity index (χ1n) is 6.04. The van der Waals surface area contributed by atoms with Crippen LogP contribution in [0.5, 0.6) is 0 Å². The third kappa shape index (κ3) is 2.24. The molecule has 18 heavy (non-hydrogen) atoms. The van der Waals surface area contributed by atoms with Gasteiger partial charge in [0.05, 0.1) is 12.9 Å². The van der Waals surface area contributed by atoms with E-state index in [-0.39, 0.29) is 0 Å². The van der Waals surface area contributed by atoms with Crippen LogP contribution in [0, 0.1) is 0 Å². The largest absolute Gasteiger partial charge is 0.383 e. The van der Waals surface area contributed by atoms with Crippen molar-refractivity contribution in [3.05, 3.63) is 36.2 Å². The molecule has 0 aliphatic heterocycles. The van der Waals surface area contributed by atoms with Crippen molar-refractivity contribution in [3.63, 3.8) is 0 Å². The molecule has 2 rings (SSSR count). The highest BCUT2D eigenvalue weighted by atomic mass is 16.5. The lowest BCUT2D eigenvalue weighted by Crippen LogP contribution is -2.04. The average Bonchev–Trinajstić information content (AvgIpc) is 2.72. The van der Waals surface area contributed by atoms with E-state index < -0.39 is 0 Å². The number of aromatic nitrogens is 2. The van der Waals surface area contributed by atoms with Gasteiger partial charge in [-0.05, 0) is 19.4 Å². The maximum atomic E-state index is 6.16. The van der Waals surface area contributed by atoms with Crippen molar-refractivity contribution in [1.29, 1.82) is 0 Å². The molecule has 0 spiro atoms. The summed E-state index contributed by atoms with van der Waals surface area (Å²) in [7, 11) is 1.69. The zero-order chi connectivity index (χ0) is 13.1. The zero-order valence-corrected chi connectivity index (χ0v) is 11.1. The molecule has 0 saturated heterocycles. The van der Waals surface area contributed by atoms with Crippen molar-refractivity contribution in [2.45, 2.75) is 26.5 Å². The van der Waals surface area contributed by atoms with E-state index >= 15 is 0 Å². The van der Waals surface area contributed by atoms with Gasteiger partial charge in [-0.3, -0.25) is 0 Å². The molecular formula is C14H19N3O. The molecule has 0 radical (unpaired) electrons. The Morgan fingerprint density at radius 3 is 2.67 bits per heavy atom. The molecule has 4 nitrogen and oxygen atoms in total. The summed E-state index contributed by atoms with van der Waals surface area (Å²) in [4.78, 5) is 4.43. The summed E-state index contributed by atoms with van der Waals surface area (Å²) >= 11 is 0. The van der Waals surface area contributed by atoms with Gasteiger partial charge in [0.15, 0.2) is 0 Å². The van der Waals surface area contributed by atoms with Crippen LogP contribution in [0.1, 0.15) is 25.5 Å². The number of ether oxygens (including phenoxy) is 1. The lowest BCUT2D eigenvalue weighted by molar-refractivity contribution is 0.185. The van der Waals surface area contributed by atoms with Crippen LogP contribution in [0.4, 0.5) is 5.82 Å². The van der Waals surface area contributed by atoms with E-state index in [1.54, 1.807) is 13.4 Å². The first kappa shape index (κ1) is 12.6. The summed E-state index contributed by atoms with van der Waals surface area (Å²) in [6.07, 6.45) is 1.79. The average molecular weight is 245 g/mol. The molecule has 0 fully saturated rings. The Bertz CT molecular complexity index is 532. The van der Waals surface area contributed by atoms with E-state index in [2.05, 4.69) is 18.8 Å². The molecule has 0 amide bonds. The second-order valence-electron chi connectivity index (χ2n) is 4.57. The first-order valence-corrected chi connectivity index (χ1v) is 6.04. The number of anilines is 1. The van der Waals surface area contributed by atoms with Gasteiger partial charge >= 0.3 is 0 Å². The molecule has 1 aromatic heterocycles. The van der Waals surface area contributed by atoms with Crippen molar-refractivity contribution in [2.24, 2.45) is 0 Å². The Labute approximate surface area is 107 Å². The van der Waals surface area contributed by atoms with Crippen molar-refractivity contribution < 1.29 is 4.74 Å². The van der Waals surface area contributed by atoms with Crippen LogP contribution in [0.2, 0.25) is 0 Å². The zero-order valence-electron chi connectivity index (χ0n) is 11.1. The first-order chi connectivity index (χ1) is 8.65. The van der Waals surface area contributed by atoms with E-state index in [1.807, 2.05) is 28.8 Å². The highest BCUT2D eigenvalue weighted by Gasteiger charge is 2.14. The van der Waals surface area contributed by atoms with Crippen LogP contribution in [-0.2, 0) is 11.3 Å². The van der Waals surface area contributed by atoms with Crippen LogP contribution in [-0.4, -0.2) is 16.7 Å². The predicted octanol–water partition coefficient (Wildman–Crippen LogP) is 2.86. The standard InChI is InChI=1S/C14H19N3O/c1-10(2)17-9-16-13(14(17)15)12-7-5-4-6-11(12)8-18-3/h4-7,9-10H,8,15H2,1-3H3. The Morgan fingerprint density at radius 1 is 1.33 bits per heavy atom. The summed E-state index contributed by atoms with van der Waals surface area (Å²) in [6, 6.07) is 8.35. The van der Waals surface area contributed by atoms with Gasteiger partial charge in [0.1, 0.15) is 11.5 Å². The minimum Gasteiger partial charge on any atom is -0.383 e. The molecule has 2 aromatic rings. The molecule has 0 bridgehead atoms. The smallest absolute Gasteiger partial charge is 0.131 e. The van der Waals surface area contributed by atoms with Gasteiger partial charge < -0.3 is 15.0 Å². The van der Waals surface area contributed by atoms with Gasteiger partial charge in [-0.1, -0.05) is 24.3 Å². The highest BCUT2D eigenvalue weighted by molar-refractivity contribution is 5.73. The van der Waals surface area contributed by atoms with Crippen LogP contribution in [0.3, 0.4) is 0 Å². The molecule has 4 heteroatoms. The van der Waals surface area contributed by atoms with Crippen molar-refractivity contribution >= 4 is 5.82 Å². The summed E-state index contributed by atoms with van der Waals surface area (Å²) in [5.41, 5.74) is 9.13. The lowest BCUT2D eigenvalue weighted by atomic mass is 10.1. The second-order valence-corrected chi connectivity index (χ2v) is 4.57. The summed E-state index contributed by atoms with van der Waals surface area (Å²) in [5.74, 6) is 0.702.